The first kappa shape index (κ1) is 17.1. The van der Waals surface area contributed by atoms with E-state index in [9.17, 15) is 9.18 Å². The molecule has 0 fully saturated rings. The highest BCUT2D eigenvalue weighted by atomic mass is 32.1. The molecule has 3 rings (SSSR count). The molecule has 1 amide bonds. The summed E-state index contributed by atoms with van der Waals surface area (Å²) in [7, 11) is 0. The third kappa shape index (κ3) is 4.42. The lowest BCUT2D eigenvalue weighted by atomic mass is 10.3. The number of thiophene rings is 1. The molecular formula is C17H16FN3O3S. The fourth-order valence-electron chi connectivity index (χ4n) is 2.13. The van der Waals surface area contributed by atoms with Gasteiger partial charge in [-0.15, -0.1) is 11.3 Å². The average Bonchev–Trinajstić information content (AvgIpc) is 3.30. The third-order valence-corrected chi connectivity index (χ3v) is 4.31. The molecule has 0 aliphatic rings. The molecule has 0 saturated carbocycles. The van der Waals surface area contributed by atoms with Crippen LogP contribution < -0.4 is 4.74 Å². The van der Waals surface area contributed by atoms with E-state index in [4.69, 9.17) is 9.26 Å². The maximum absolute atomic E-state index is 12.9. The highest BCUT2D eigenvalue weighted by Gasteiger charge is 2.17. The lowest BCUT2D eigenvalue weighted by Gasteiger charge is -2.18. The first-order valence-corrected chi connectivity index (χ1v) is 8.56. The zero-order valence-electron chi connectivity index (χ0n) is 13.5. The van der Waals surface area contributed by atoms with Crippen LogP contribution in [0.15, 0.2) is 46.3 Å². The Balaban J connectivity index is 1.58. The van der Waals surface area contributed by atoms with E-state index in [2.05, 4.69) is 10.1 Å². The molecule has 0 atom stereocenters. The van der Waals surface area contributed by atoms with Gasteiger partial charge in [0, 0.05) is 6.54 Å². The summed E-state index contributed by atoms with van der Waals surface area (Å²) >= 11 is 1.51. The van der Waals surface area contributed by atoms with Crippen molar-refractivity contribution in [2.45, 2.75) is 13.5 Å². The molecule has 0 bridgehead atoms. The van der Waals surface area contributed by atoms with Crippen LogP contribution in [0.3, 0.4) is 0 Å². The van der Waals surface area contributed by atoms with E-state index >= 15 is 0 Å². The van der Waals surface area contributed by atoms with Crippen molar-refractivity contribution in [1.29, 1.82) is 0 Å². The Morgan fingerprint density at radius 3 is 2.80 bits per heavy atom. The number of hydrogen-bond donors (Lipinski definition) is 0. The van der Waals surface area contributed by atoms with Crippen molar-refractivity contribution in [3.05, 3.63) is 53.5 Å². The van der Waals surface area contributed by atoms with E-state index in [1.807, 2.05) is 24.4 Å². The van der Waals surface area contributed by atoms with E-state index in [0.717, 1.165) is 4.88 Å². The predicted octanol–water partition coefficient (Wildman–Crippen LogP) is 3.36. The van der Waals surface area contributed by atoms with Gasteiger partial charge < -0.3 is 14.2 Å². The fourth-order valence-corrected chi connectivity index (χ4v) is 2.78. The van der Waals surface area contributed by atoms with Gasteiger partial charge in [-0.1, -0.05) is 11.2 Å². The van der Waals surface area contributed by atoms with E-state index in [-0.39, 0.29) is 24.9 Å². The number of likely N-dealkylation sites (N-methyl/N-ethyl adjacent to an activating group) is 1. The summed E-state index contributed by atoms with van der Waals surface area (Å²) in [6.45, 7) is 2.39. The minimum absolute atomic E-state index is 0.147. The average molecular weight is 361 g/mol. The van der Waals surface area contributed by atoms with Gasteiger partial charge in [-0.25, -0.2) is 4.39 Å². The van der Waals surface area contributed by atoms with Crippen LogP contribution in [0.2, 0.25) is 0 Å². The van der Waals surface area contributed by atoms with Crippen molar-refractivity contribution in [2.75, 3.05) is 13.2 Å². The fraction of sp³-hybridized carbons (Fsp3) is 0.235. The summed E-state index contributed by atoms with van der Waals surface area (Å²) in [5.74, 6) is 0.731. The molecule has 2 aromatic heterocycles. The number of hydrogen-bond acceptors (Lipinski definition) is 6. The Bertz CT molecular complexity index is 818. The van der Waals surface area contributed by atoms with Crippen LogP contribution in [-0.4, -0.2) is 34.1 Å². The quantitative estimate of drug-likeness (QED) is 0.645. The maximum atomic E-state index is 12.9. The van der Waals surface area contributed by atoms with E-state index in [1.54, 1.807) is 4.90 Å². The van der Waals surface area contributed by atoms with Crippen LogP contribution in [0.25, 0.3) is 10.7 Å². The molecule has 130 valence electrons. The molecule has 0 spiro atoms. The van der Waals surface area contributed by atoms with Crippen molar-refractivity contribution >= 4 is 17.2 Å². The van der Waals surface area contributed by atoms with Crippen LogP contribution in [0, 0.1) is 5.82 Å². The lowest BCUT2D eigenvalue weighted by Crippen LogP contribution is -2.34. The summed E-state index contributed by atoms with van der Waals surface area (Å²) in [5, 5.41) is 5.86. The van der Waals surface area contributed by atoms with Crippen LogP contribution in [-0.2, 0) is 11.3 Å². The molecule has 3 aromatic rings. The second kappa shape index (κ2) is 7.89. The first-order chi connectivity index (χ1) is 12.2. The SMILES string of the molecule is CCN(Cc1nc(-c2cccs2)no1)C(=O)COc1ccc(F)cc1. The molecule has 1 aromatic carbocycles. The number of nitrogens with zero attached hydrogens (tertiary/aromatic N) is 3. The van der Waals surface area contributed by atoms with Crippen LogP contribution in [0.5, 0.6) is 5.75 Å². The number of halogens is 1. The Morgan fingerprint density at radius 1 is 1.32 bits per heavy atom. The third-order valence-electron chi connectivity index (χ3n) is 3.45. The first-order valence-electron chi connectivity index (χ1n) is 7.68. The summed E-state index contributed by atoms with van der Waals surface area (Å²) in [4.78, 5) is 19.1. The number of carbonyl (C=O) groups excluding carboxylic acids is 1. The van der Waals surface area contributed by atoms with E-state index in [0.29, 0.717) is 24.0 Å². The maximum Gasteiger partial charge on any atom is 0.260 e. The van der Waals surface area contributed by atoms with Gasteiger partial charge in [0.15, 0.2) is 6.61 Å². The van der Waals surface area contributed by atoms with Gasteiger partial charge in [0.2, 0.25) is 11.7 Å². The van der Waals surface area contributed by atoms with Crippen molar-refractivity contribution in [3.63, 3.8) is 0 Å². The molecule has 2 heterocycles. The molecule has 0 N–H and O–H groups in total. The van der Waals surface area contributed by atoms with Gasteiger partial charge in [-0.05, 0) is 42.6 Å². The van der Waals surface area contributed by atoms with Gasteiger partial charge >= 0.3 is 0 Å². The largest absolute Gasteiger partial charge is 0.484 e. The van der Waals surface area contributed by atoms with Crippen LogP contribution in [0.1, 0.15) is 12.8 Å². The monoisotopic (exact) mass is 361 g/mol. The molecule has 0 unspecified atom stereocenters. The Hall–Kier alpha value is -2.74. The van der Waals surface area contributed by atoms with Gasteiger partial charge in [-0.3, -0.25) is 4.79 Å². The summed E-state index contributed by atoms with van der Waals surface area (Å²) in [6, 6.07) is 9.32. The van der Waals surface area contributed by atoms with Crippen LogP contribution in [0.4, 0.5) is 4.39 Å². The molecule has 0 aliphatic carbocycles. The highest BCUT2D eigenvalue weighted by Crippen LogP contribution is 2.21. The van der Waals surface area contributed by atoms with Gasteiger partial charge in [0.1, 0.15) is 18.1 Å². The molecular weight excluding hydrogens is 345 g/mol. The number of rotatable bonds is 7. The molecule has 8 heteroatoms. The summed E-state index contributed by atoms with van der Waals surface area (Å²) in [5.41, 5.74) is 0. The zero-order chi connectivity index (χ0) is 17.6. The minimum atomic E-state index is -0.355. The smallest absolute Gasteiger partial charge is 0.260 e. The molecule has 0 aliphatic heterocycles. The van der Waals surface area contributed by atoms with E-state index in [1.165, 1.54) is 35.6 Å². The van der Waals surface area contributed by atoms with Crippen molar-refractivity contribution in [2.24, 2.45) is 0 Å². The molecule has 0 radical (unpaired) electrons. The summed E-state index contributed by atoms with van der Waals surface area (Å²) < 4.78 is 23.5. The summed E-state index contributed by atoms with van der Waals surface area (Å²) in [6.07, 6.45) is 0. The van der Waals surface area contributed by atoms with Gasteiger partial charge in [-0.2, -0.15) is 4.98 Å². The second-order valence-electron chi connectivity index (χ2n) is 5.14. The Morgan fingerprint density at radius 2 is 2.12 bits per heavy atom. The molecule has 6 nitrogen and oxygen atoms in total. The van der Waals surface area contributed by atoms with Crippen LogP contribution >= 0.6 is 11.3 Å². The minimum Gasteiger partial charge on any atom is -0.484 e. The molecule has 0 saturated heterocycles. The van der Waals surface area contributed by atoms with Gasteiger partial charge in [0.05, 0.1) is 4.88 Å². The number of amides is 1. The van der Waals surface area contributed by atoms with E-state index < -0.39 is 0 Å². The van der Waals surface area contributed by atoms with Gasteiger partial charge in [0.25, 0.3) is 5.91 Å². The van der Waals surface area contributed by atoms with Crippen molar-refractivity contribution < 1.29 is 18.4 Å². The van der Waals surface area contributed by atoms with Crippen molar-refractivity contribution in [3.8, 4) is 16.5 Å². The zero-order valence-corrected chi connectivity index (χ0v) is 14.3. The highest BCUT2D eigenvalue weighted by molar-refractivity contribution is 7.13. The second-order valence-corrected chi connectivity index (χ2v) is 6.09. The number of carbonyl (C=O) groups is 1. The predicted molar refractivity (Wildman–Crippen MR) is 90.6 cm³/mol. The Labute approximate surface area is 147 Å². The number of aromatic nitrogens is 2. The standard InChI is InChI=1S/C17H16FN3O3S/c1-2-21(16(22)11-23-13-7-5-12(18)6-8-13)10-15-19-17(20-24-15)14-4-3-9-25-14/h3-9H,2,10-11H2,1H3. The Kier molecular flexibility index (Phi) is 5.39. The topological polar surface area (TPSA) is 68.5 Å². The normalized spacial score (nSPS) is 10.6. The number of ether oxygens (including phenoxy) is 1. The molecule has 25 heavy (non-hydrogen) atoms. The lowest BCUT2D eigenvalue weighted by molar-refractivity contribution is -0.134. The van der Waals surface area contributed by atoms with Crippen molar-refractivity contribution in [1.82, 2.24) is 15.0 Å². The number of benzene rings is 1.